The Kier molecular flexibility index (Phi) is 4.72. The lowest BCUT2D eigenvalue weighted by molar-refractivity contribution is -0.121. The van der Waals surface area contributed by atoms with Gasteiger partial charge in [-0.15, -0.1) is 0 Å². The molecule has 1 saturated heterocycles. The van der Waals surface area contributed by atoms with Crippen molar-refractivity contribution in [2.24, 2.45) is 0 Å². The van der Waals surface area contributed by atoms with E-state index in [9.17, 15) is 4.79 Å². The number of nitrogens with zero attached hydrogens (tertiary/aromatic N) is 4. The highest BCUT2D eigenvalue weighted by Gasteiger charge is 2.33. The first-order valence-electron chi connectivity index (χ1n) is 9.77. The maximum Gasteiger partial charge on any atom is 0.242 e. The highest BCUT2D eigenvalue weighted by molar-refractivity contribution is 5.85. The summed E-state index contributed by atoms with van der Waals surface area (Å²) < 4.78 is 0. The molecule has 4 rings (SSSR count). The molecular formula is C19H27N7O. The summed E-state index contributed by atoms with van der Waals surface area (Å²) in [6.45, 7) is 5.06. The first-order chi connectivity index (χ1) is 13.1. The molecule has 2 aliphatic rings. The standard InChI is InChI=1S/C19H27N7O/c1-11(2)14-10-16(25-24-14)22-17-12-6-4-7-13(12)21-19(23-17)26-9-5-8-15(26)18(27)20-3/h10-11,15H,4-9H2,1-3H3,(H,20,27)(H2,21,22,23,24,25)/t15-/m0/s1. The molecule has 0 saturated carbocycles. The van der Waals surface area contributed by atoms with Crippen LogP contribution in [0.25, 0.3) is 0 Å². The summed E-state index contributed by atoms with van der Waals surface area (Å²) in [6.07, 6.45) is 4.81. The zero-order chi connectivity index (χ0) is 19.0. The largest absolute Gasteiger partial charge is 0.357 e. The molecule has 0 bridgehead atoms. The predicted octanol–water partition coefficient (Wildman–Crippen LogP) is 2.27. The van der Waals surface area contributed by atoms with E-state index in [2.05, 4.69) is 34.7 Å². The number of hydrogen-bond acceptors (Lipinski definition) is 6. The van der Waals surface area contributed by atoms with Crippen molar-refractivity contribution in [3.8, 4) is 0 Å². The minimum absolute atomic E-state index is 0.0278. The van der Waals surface area contributed by atoms with Gasteiger partial charge >= 0.3 is 0 Å². The number of fused-ring (bicyclic) bond motifs is 1. The van der Waals surface area contributed by atoms with Crippen molar-refractivity contribution in [2.45, 2.75) is 57.9 Å². The summed E-state index contributed by atoms with van der Waals surface area (Å²) in [5, 5.41) is 13.6. The van der Waals surface area contributed by atoms with Crippen molar-refractivity contribution in [1.82, 2.24) is 25.5 Å². The van der Waals surface area contributed by atoms with Crippen LogP contribution in [0.1, 0.15) is 56.0 Å². The van der Waals surface area contributed by atoms with E-state index in [1.165, 1.54) is 5.56 Å². The van der Waals surface area contributed by atoms with Gasteiger partial charge in [0.2, 0.25) is 11.9 Å². The summed E-state index contributed by atoms with van der Waals surface area (Å²) in [6, 6.07) is 1.83. The van der Waals surface area contributed by atoms with Crippen LogP contribution in [0, 0.1) is 0 Å². The normalized spacial score (nSPS) is 18.8. The topological polar surface area (TPSA) is 98.8 Å². The van der Waals surface area contributed by atoms with Gasteiger partial charge in [-0.25, -0.2) is 4.98 Å². The van der Waals surface area contributed by atoms with Gasteiger partial charge in [-0.05, 0) is 38.0 Å². The monoisotopic (exact) mass is 369 g/mol. The number of likely N-dealkylation sites (N-methyl/N-ethyl adjacent to an activating group) is 1. The molecule has 3 N–H and O–H groups in total. The summed E-state index contributed by atoms with van der Waals surface area (Å²) in [5.74, 6) is 2.64. The maximum absolute atomic E-state index is 12.2. The molecule has 1 aliphatic carbocycles. The van der Waals surface area contributed by atoms with E-state index in [1.54, 1.807) is 7.05 Å². The molecule has 144 valence electrons. The number of H-pyrrole nitrogens is 1. The van der Waals surface area contributed by atoms with E-state index >= 15 is 0 Å². The quantitative estimate of drug-likeness (QED) is 0.748. The van der Waals surface area contributed by atoms with Gasteiger partial charge in [0, 0.05) is 30.9 Å². The zero-order valence-electron chi connectivity index (χ0n) is 16.2. The molecule has 0 radical (unpaired) electrons. The Bertz CT molecular complexity index is 845. The van der Waals surface area contributed by atoms with E-state index in [-0.39, 0.29) is 11.9 Å². The number of carbonyl (C=O) groups excluding carboxylic acids is 1. The Balaban J connectivity index is 1.66. The summed E-state index contributed by atoms with van der Waals surface area (Å²) in [7, 11) is 1.68. The molecule has 2 aromatic heterocycles. The average Bonchev–Trinajstić information content (AvgIpc) is 3.40. The van der Waals surface area contributed by atoms with E-state index in [4.69, 9.17) is 9.97 Å². The van der Waals surface area contributed by atoms with Crippen molar-refractivity contribution in [2.75, 3.05) is 23.8 Å². The molecule has 0 spiro atoms. The van der Waals surface area contributed by atoms with E-state index in [1.807, 2.05) is 11.0 Å². The van der Waals surface area contributed by atoms with Gasteiger partial charge in [0.05, 0.1) is 5.69 Å². The molecule has 1 fully saturated rings. The van der Waals surface area contributed by atoms with Crippen molar-refractivity contribution in [3.63, 3.8) is 0 Å². The molecule has 2 aromatic rings. The van der Waals surface area contributed by atoms with Crippen LogP contribution in [0.15, 0.2) is 6.07 Å². The van der Waals surface area contributed by atoms with Crippen LogP contribution in [0.4, 0.5) is 17.6 Å². The summed E-state index contributed by atoms with van der Waals surface area (Å²) in [5.41, 5.74) is 3.34. The number of nitrogens with one attached hydrogen (secondary N) is 3. The third-order valence-corrected chi connectivity index (χ3v) is 5.45. The fraction of sp³-hybridized carbons (Fsp3) is 0.579. The lowest BCUT2D eigenvalue weighted by Gasteiger charge is -2.24. The molecule has 27 heavy (non-hydrogen) atoms. The Labute approximate surface area is 159 Å². The van der Waals surface area contributed by atoms with Gasteiger partial charge in [-0.2, -0.15) is 10.1 Å². The Morgan fingerprint density at radius 3 is 2.89 bits per heavy atom. The molecule has 1 atom stereocenters. The van der Waals surface area contributed by atoms with Gasteiger partial charge in [-0.3, -0.25) is 9.89 Å². The minimum Gasteiger partial charge on any atom is -0.357 e. The fourth-order valence-electron chi connectivity index (χ4n) is 3.91. The fourth-order valence-corrected chi connectivity index (χ4v) is 3.91. The zero-order valence-corrected chi connectivity index (χ0v) is 16.2. The average molecular weight is 369 g/mol. The molecule has 0 unspecified atom stereocenters. The number of aromatic nitrogens is 4. The smallest absolute Gasteiger partial charge is 0.242 e. The number of aryl methyl sites for hydroxylation is 1. The SMILES string of the molecule is CNC(=O)[C@@H]1CCCN1c1nc2c(c(Nc3cc(C(C)C)[nH]n3)n1)CCC2. The minimum atomic E-state index is -0.194. The molecule has 0 aromatic carbocycles. The number of carbonyl (C=O) groups is 1. The molecular weight excluding hydrogens is 342 g/mol. The van der Waals surface area contributed by atoms with Crippen LogP contribution in [0.3, 0.4) is 0 Å². The van der Waals surface area contributed by atoms with E-state index in [0.29, 0.717) is 11.9 Å². The first kappa shape index (κ1) is 17.8. The number of aromatic amines is 1. The number of amides is 1. The third-order valence-electron chi connectivity index (χ3n) is 5.45. The Hall–Kier alpha value is -2.64. The highest BCUT2D eigenvalue weighted by atomic mass is 16.2. The molecule has 8 heteroatoms. The second-order valence-electron chi connectivity index (χ2n) is 7.60. The Morgan fingerprint density at radius 1 is 1.30 bits per heavy atom. The second-order valence-corrected chi connectivity index (χ2v) is 7.60. The van der Waals surface area contributed by atoms with E-state index in [0.717, 1.165) is 61.7 Å². The van der Waals surface area contributed by atoms with Crippen LogP contribution in [-0.2, 0) is 17.6 Å². The van der Waals surface area contributed by atoms with Crippen LogP contribution in [0.5, 0.6) is 0 Å². The van der Waals surface area contributed by atoms with Gasteiger partial charge in [0.15, 0.2) is 5.82 Å². The summed E-state index contributed by atoms with van der Waals surface area (Å²) >= 11 is 0. The van der Waals surface area contributed by atoms with Crippen molar-refractivity contribution < 1.29 is 4.79 Å². The van der Waals surface area contributed by atoms with Crippen LogP contribution in [0.2, 0.25) is 0 Å². The lowest BCUT2D eigenvalue weighted by atomic mass is 10.1. The van der Waals surface area contributed by atoms with Gasteiger partial charge in [-0.1, -0.05) is 13.8 Å². The molecule has 3 heterocycles. The summed E-state index contributed by atoms with van der Waals surface area (Å²) in [4.78, 5) is 23.9. The molecule has 8 nitrogen and oxygen atoms in total. The lowest BCUT2D eigenvalue weighted by Crippen LogP contribution is -2.42. The van der Waals surface area contributed by atoms with E-state index < -0.39 is 0 Å². The predicted molar refractivity (Wildman–Crippen MR) is 104 cm³/mol. The second kappa shape index (κ2) is 7.17. The number of hydrogen-bond donors (Lipinski definition) is 3. The first-order valence-corrected chi connectivity index (χ1v) is 9.77. The third kappa shape index (κ3) is 3.36. The van der Waals surface area contributed by atoms with Crippen LogP contribution in [-0.4, -0.2) is 45.7 Å². The van der Waals surface area contributed by atoms with Crippen LogP contribution < -0.4 is 15.5 Å². The van der Waals surface area contributed by atoms with Crippen molar-refractivity contribution in [1.29, 1.82) is 0 Å². The molecule has 1 amide bonds. The van der Waals surface area contributed by atoms with Crippen molar-refractivity contribution in [3.05, 3.63) is 23.0 Å². The highest BCUT2D eigenvalue weighted by Crippen LogP contribution is 2.32. The molecule has 1 aliphatic heterocycles. The van der Waals surface area contributed by atoms with Gasteiger partial charge < -0.3 is 15.5 Å². The van der Waals surface area contributed by atoms with Gasteiger partial charge in [0.25, 0.3) is 0 Å². The maximum atomic E-state index is 12.2. The van der Waals surface area contributed by atoms with Crippen molar-refractivity contribution >= 4 is 23.5 Å². The Morgan fingerprint density at radius 2 is 2.15 bits per heavy atom. The number of rotatable bonds is 5. The van der Waals surface area contributed by atoms with Crippen LogP contribution >= 0.6 is 0 Å². The van der Waals surface area contributed by atoms with Gasteiger partial charge in [0.1, 0.15) is 11.9 Å². The number of anilines is 3.